The maximum absolute atomic E-state index is 14.4. The Balaban J connectivity index is 1.89. The molecule has 0 bridgehead atoms. The molecule has 1 aliphatic rings. The minimum Gasteiger partial charge on any atom is -0.394 e. The Bertz CT molecular complexity index is 834. The van der Waals surface area contributed by atoms with Gasteiger partial charge in [-0.1, -0.05) is 29.8 Å². The summed E-state index contributed by atoms with van der Waals surface area (Å²) in [5, 5.41) is 40.0. The molecule has 1 saturated heterocycles. The molecule has 4 N–H and O–H groups in total. The van der Waals surface area contributed by atoms with Gasteiger partial charge in [0.1, 0.15) is 36.3 Å². The SMILES string of the molecule is CSc1ccc(Cc2cc([C@@H]3O[C@H](CO)[C@@H](O)[C@H](O)[C@H]3O)ccc2Cl)c(F)c1. The lowest BCUT2D eigenvalue weighted by Gasteiger charge is -2.40. The van der Waals surface area contributed by atoms with Crippen LogP contribution in [0.25, 0.3) is 0 Å². The summed E-state index contributed by atoms with van der Waals surface area (Å²) in [6.07, 6.45) is -4.13. The van der Waals surface area contributed by atoms with E-state index >= 15 is 0 Å². The van der Waals surface area contributed by atoms with Crippen molar-refractivity contribution >= 4 is 23.4 Å². The summed E-state index contributed by atoms with van der Waals surface area (Å²) >= 11 is 7.73. The molecule has 0 amide bonds. The lowest BCUT2D eigenvalue weighted by atomic mass is 9.90. The van der Waals surface area contributed by atoms with Gasteiger partial charge in [-0.2, -0.15) is 0 Å². The van der Waals surface area contributed by atoms with Crippen molar-refractivity contribution in [2.75, 3.05) is 12.9 Å². The van der Waals surface area contributed by atoms with E-state index in [4.69, 9.17) is 16.3 Å². The van der Waals surface area contributed by atoms with Gasteiger partial charge in [0.05, 0.1) is 6.61 Å². The van der Waals surface area contributed by atoms with Crippen LogP contribution in [0.2, 0.25) is 5.02 Å². The van der Waals surface area contributed by atoms with Crippen LogP contribution >= 0.6 is 23.4 Å². The molecule has 1 heterocycles. The average molecular weight is 429 g/mol. The Morgan fingerprint density at radius 3 is 2.43 bits per heavy atom. The fourth-order valence-electron chi connectivity index (χ4n) is 3.29. The van der Waals surface area contributed by atoms with Gasteiger partial charge in [0.15, 0.2) is 0 Å². The van der Waals surface area contributed by atoms with Crippen LogP contribution < -0.4 is 0 Å². The lowest BCUT2D eigenvalue weighted by Crippen LogP contribution is -2.55. The monoisotopic (exact) mass is 428 g/mol. The largest absolute Gasteiger partial charge is 0.394 e. The summed E-state index contributed by atoms with van der Waals surface area (Å²) in [7, 11) is 0. The summed E-state index contributed by atoms with van der Waals surface area (Å²) in [6, 6.07) is 9.93. The van der Waals surface area contributed by atoms with Crippen LogP contribution in [-0.4, -0.2) is 57.7 Å². The van der Waals surface area contributed by atoms with E-state index in [0.717, 1.165) is 4.90 Å². The number of halogens is 2. The van der Waals surface area contributed by atoms with Gasteiger partial charge in [-0.25, -0.2) is 4.39 Å². The maximum atomic E-state index is 14.4. The second kappa shape index (κ2) is 9.09. The van der Waals surface area contributed by atoms with Gasteiger partial charge in [0.25, 0.3) is 0 Å². The zero-order chi connectivity index (χ0) is 20.4. The van der Waals surface area contributed by atoms with Crippen molar-refractivity contribution in [2.24, 2.45) is 0 Å². The van der Waals surface area contributed by atoms with Crippen LogP contribution in [0.4, 0.5) is 4.39 Å². The van der Waals surface area contributed by atoms with Crippen molar-refractivity contribution in [1.29, 1.82) is 0 Å². The highest BCUT2D eigenvalue weighted by Gasteiger charge is 2.44. The fourth-order valence-corrected chi connectivity index (χ4v) is 3.90. The van der Waals surface area contributed by atoms with Gasteiger partial charge in [0, 0.05) is 16.3 Å². The minimum atomic E-state index is -1.47. The van der Waals surface area contributed by atoms with E-state index in [-0.39, 0.29) is 12.2 Å². The molecule has 1 fully saturated rings. The molecule has 2 aromatic rings. The first-order chi connectivity index (χ1) is 13.3. The standard InChI is InChI=1S/C20H22ClFO5S/c1-28-13-4-2-10(15(22)8-13)6-12-7-11(3-5-14(12)21)20-19(26)18(25)17(24)16(9-23)27-20/h2-5,7-8,16-20,23-26H,6,9H2,1H3/t16-,17-,18+,19-,20+/m1/s1. The number of aliphatic hydroxyl groups is 4. The van der Waals surface area contributed by atoms with E-state index in [1.54, 1.807) is 24.3 Å². The number of thioether (sulfide) groups is 1. The van der Waals surface area contributed by atoms with Crippen LogP contribution in [0.3, 0.4) is 0 Å². The number of aliphatic hydroxyl groups excluding tert-OH is 4. The number of benzene rings is 2. The molecule has 0 aromatic heterocycles. The van der Waals surface area contributed by atoms with E-state index in [1.807, 2.05) is 12.3 Å². The summed E-state index contributed by atoms with van der Waals surface area (Å²) < 4.78 is 19.9. The van der Waals surface area contributed by atoms with E-state index in [1.165, 1.54) is 17.8 Å². The highest BCUT2D eigenvalue weighted by Crippen LogP contribution is 2.34. The number of hydrogen-bond donors (Lipinski definition) is 4. The van der Waals surface area contributed by atoms with Crippen molar-refractivity contribution < 1.29 is 29.6 Å². The summed E-state index contributed by atoms with van der Waals surface area (Å²) in [5.41, 5.74) is 1.62. The van der Waals surface area contributed by atoms with E-state index < -0.39 is 37.1 Å². The smallest absolute Gasteiger partial charge is 0.127 e. The second-order valence-electron chi connectivity index (χ2n) is 6.73. The third-order valence-corrected chi connectivity index (χ3v) is 6.03. The predicted molar refractivity (Wildman–Crippen MR) is 105 cm³/mol. The van der Waals surface area contributed by atoms with E-state index in [0.29, 0.717) is 21.7 Å². The molecule has 5 atom stereocenters. The Labute approximate surface area is 171 Å². The molecule has 5 nitrogen and oxygen atoms in total. The van der Waals surface area contributed by atoms with Crippen LogP contribution in [0.5, 0.6) is 0 Å². The number of rotatable bonds is 5. The Morgan fingerprint density at radius 2 is 1.79 bits per heavy atom. The Hall–Kier alpha value is -1.19. The molecule has 3 rings (SSSR count). The van der Waals surface area contributed by atoms with Crippen molar-refractivity contribution in [2.45, 2.75) is 41.8 Å². The molecule has 8 heteroatoms. The van der Waals surface area contributed by atoms with Crippen molar-refractivity contribution in [3.05, 3.63) is 63.9 Å². The first-order valence-corrected chi connectivity index (χ1v) is 10.4. The van der Waals surface area contributed by atoms with Gasteiger partial charge in [0.2, 0.25) is 0 Å². The van der Waals surface area contributed by atoms with E-state index in [9.17, 15) is 24.8 Å². The Morgan fingerprint density at radius 1 is 1.04 bits per heavy atom. The zero-order valence-electron chi connectivity index (χ0n) is 15.1. The van der Waals surface area contributed by atoms with Gasteiger partial charge in [-0.15, -0.1) is 11.8 Å². The average Bonchev–Trinajstić information content (AvgIpc) is 2.69. The molecule has 28 heavy (non-hydrogen) atoms. The van der Waals surface area contributed by atoms with Crippen LogP contribution in [0.15, 0.2) is 41.3 Å². The second-order valence-corrected chi connectivity index (χ2v) is 8.02. The summed E-state index contributed by atoms with van der Waals surface area (Å²) in [6.45, 7) is -0.505. The molecular formula is C20H22ClFO5S. The molecule has 2 aromatic carbocycles. The molecule has 0 aliphatic carbocycles. The fraction of sp³-hybridized carbons (Fsp3) is 0.400. The first-order valence-electron chi connectivity index (χ1n) is 8.77. The third kappa shape index (κ3) is 4.36. The highest BCUT2D eigenvalue weighted by atomic mass is 35.5. The topological polar surface area (TPSA) is 90.2 Å². The Kier molecular flexibility index (Phi) is 6.98. The summed E-state index contributed by atoms with van der Waals surface area (Å²) in [4.78, 5) is 0.822. The third-order valence-electron chi connectivity index (χ3n) is 4.93. The quantitative estimate of drug-likeness (QED) is 0.546. The van der Waals surface area contributed by atoms with Gasteiger partial charge in [-0.05, 0) is 41.1 Å². The lowest BCUT2D eigenvalue weighted by molar-refractivity contribution is -0.231. The van der Waals surface area contributed by atoms with Crippen LogP contribution in [-0.2, 0) is 11.2 Å². The van der Waals surface area contributed by atoms with Crippen LogP contribution in [0, 0.1) is 5.82 Å². The summed E-state index contributed by atoms with van der Waals surface area (Å²) in [5.74, 6) is -0.332. The van der Waals surface area contributed by atoms with E-state index in [2.05, 4.69) is 0 Å². The molecule has 0 saturated carbocycles. The minimum absolute atomic E-state index is 0.241. The molecule has 0 spiro atoms. The molecule has 0 radical (unpaired) electrons. The van der Waals surface area contributed by atoms with Gasteiger partial charge in [-0.3, -0.25) is 0 Å². The number of hydrogen-bond acceptors (Lipinski definition) is 6. The molecular weight excluding hydrogens is 407 g/mol. The maximum Gasteiger partial charge on any atom is 0.127 e. The van der Waals surface area contributed by atoms with Gasteiger partial charge >= 0.3 is 0 Å². The molecule has 0 unspecified atom stereocenters. The number of ether oxygens (including phenoxy) is 1. The van der Waals surface area contributed by atoms with Gasteiger partial charge < -0.3 is 25.2 Å². The predicted octanol–water partition coefficient (Wildman–Crippen LogP) is 2.31. The van der Waals surface area contributed by atoms with Crippen LogP contribution in [0.1, 0.15) is 22.8 Å². The van der Waals surface area contributed by atoms with Crippen molar-refractivity contribution in [3.63, 3.8) is 0 Å². The normalized spacial score (nSPS) is 27.8. The molecule has 1 aliphatic heterocycles. The first kappa shape index (κ1) is 21.5. The van der Waals surface area contributed by atoms with Crippen molar-refractivity contribution in [3.8, 4) is 0 Å². The highest BCUT2D eigenvalue weighted by molar-refractivity contribution is 7.98. The zero-order valence-corrected chi connectivity index (χ0v) is 16.7. The van der Waals surface area contributed by atoms with Crippen molar-refractivity contribution in [1.82, 2.24) is 0 Å². The molecule has 152 valence electrons.